The topological polar surface area (TPSA) is 78.9 Å². The Hall–Kier alpha value is -1.16. The molecule has 0 unspecified atom stereocenters. The van der Waals surface area contributed by atoms with E-state index in [1.54, 1.807) is 0 Å². The second-order valence-electron chi connectivity index (χ2n) is 3.00. The van der Waals surface area contributed by atoms with Gasteiger partial charge in [0.05, 0.1) is 0 Å². The second kappa shape index (κ2) is 8.10. The number of carbonyl (C=O) groups is 3. The van der Waals surface area contributed by atoms with Crippen molar-refractivity contribution in [3.63, 3.8) is 0 Å². The van der Waals surface area contributed by atoms with Crippen molar-refractivity contribution in [3.05, 3.63) is 0 Å². The molecule has 6 nitrogen and oxygen atoms in total. The molecule has 127 valence electrons. The summed E-state index contributed by atoms with van der Waals surface area (Å²) in [5.74, 6) is -10.1. The maximum Gasteiger partial charge on any atom is 1.00 e. The molecule has 0 heterocycles. The van der Waals surface area contributed by atoms with Crippen LogP contribution in [0.3, 0.4) is 0 Å². The van der Waals surface area contributed by atoms with Crippen molar-refractivity contribution < 1.29 is 97.4 Å². The van der Waals surface area contributed by atoms with Crippen LogP contribution in [0.4, 0.5) is 39.5 Å². The van der Waals surface area contributed by atoms with Crippen molar-refractivity contribution in [2.45, 2.75) is 18.5 Å². The number of alkyl halides is 9. The number of halogens is 9. The van der Waals surface area contributed by atoms with Gasteiger partial charge in [-0.1, -0.05) is 0 Å². The SMILES string of the molecule is O=C(O[B-](OC(=O)C(F)(F)F)OC(=O)C(F)(F)F)C(F)(F)F.[Na+]. The molecular weight excluding hydrogens is 373 g/mol. The summed E-state index contributed by atoms with van der Waals surface area (Å²) >= 11 is 0. The molecule has 0 atom stereocenters. The monoisotopic (exact) mass is 373 g/mol. The Labute approximate surface area is 141 Å². The Morgan fingerprint density at radius 1 is 0.565 bits per heavy atom. The summed E-state index contributed by atoms with van der Waals surface area (Å²) in [6.07, 6.45) is -17.6. The standard InChI is InChI=1S/C6BF9O6.Na/c8-4(9,10)1(17)20-7(21-2(18)5(11,12)13)22-3(19)6(14,15)16;/q-1;+1. The van der Waals surface area contributed by atoms with Gasteiger partial charge in [-0.05, 0) is 0 Å². The van der Waals surface area contributed by atoms with Gasteiger partial charge >= 0.3 is 73.3 Å². The fraction of sp³-hybridized carbons (Fsp3) is 0.500. The minimum atomic E-state index is -5.88. The molecule has 0 aliphatic heterocycles. The maximum atomic E-state index is 11.8. The Bertz CT molecular complexity index is 390. The largest absolute Gasteiger partial charge is 1.00 e. The molecule has 1 radical (unpaired) electrons. The first-order valence-electron chi connectivity index (χ1n) is 4.38. The van der Waals surface area contributed by atoms with Gasteiger partial charge in [0.25, 0.3) is 0 Å². The molecule has 0 aromatic rings. The van der Waals surface area contributed by atoms with Gasteiger partial charge in [0, 0.05) is 0 Å². The summed E-state index contributed by atoms with van der Waals surface area (Å²) in [6.45, 7) is 0. The third-order valence-corrected chi connectivity index (χ3v) is 1.30. The Morgan fingerprint density at radius 2 is 0.739 bits per heavy atom. The van der Waals surface area contributed by atoms with Crippen molar-refractivity contribution in [3.8, 4) is 0 Å². The van der Waals surface area contributed by atoms with Crippen molar-refractivity contribution in [1.82, 2.24) is 0 Å². The molecule has 0 aromatic carbocycles. The van der Waals surface area contributed by atoms with Crippen molar-refractivity contribution in [1.29, 1.82) is 0 Å². The number of rotatable bonds is 3. The first kappa shape index (κ1) is 24.1. The minimum Gasteiger partial charge on any atom is -0.635 e. The zero-order valence-corrected chi connectivity index (χ0v) is 12.4. The predicted molar refractivity (Wildman–Crippen MR) is 42.2 cm³/mol. The molecule has 0 spiro atoms. The summed E-state index contributed by atoms with van der Waals surface area (Å²) in [7, 11) is -3.85. The van der Waals surface area contributed by atoms with Gasteiger partial charge < -0.3 is 14.0 Å². The molecular formula is C6BF9NaO6. The smallest absolute Gasteiger partial charge is 0.635 e. The number of carbonyl (C=O) groups excluding carboxylic acids is 3. The van der Waals surface area contributed by atoms with E-state index >= 15 is 0 Å². The fourth-order valence-electron chi connectivity index (χ4n) is 0.535. The Balaban J connectivity index is 0. The van der Waals surface area contributed by atoms with Gasteiger partial charge in [-0.2, -0.15) is 39.5 Å². The van der Waals surface area contributed by atoms with Gasteiger partial charge in [0.15, 0.2) is 0 Å². The second-order valence-corrected chi connectivity index (χ2v) is 3.00. The molecule has 0 fully saturated rings. The van der Waals surface area contributed by atoms with Crippen molar-refractivity contribution >= 4 is 25.2 Å². The number of hydrogen-bond acceptors (Lipinski definition) is 6. The predicted octanol–water partition coefficient (Wildman–Crippen LogP) is -1.71. The number of hydrogen-bond donors (Lipinski definition) is 0. The van der Waals surface area contributed by atoms with E-state index in [1.165, 1.54) is 0 Å². The average Bonchev–Trinajstić information content (AvgIpc) is 2.24. The molecule has 0 saturated carbocycles. The molecule has 17 heteroatoms. The Morgan fingerprint density at radius 3 is 0.870 bits per heavy atom. The third-order valence-electron chi connectivity index (χ3n) is 1.30. The van der Waals surface area contributed by atoms with Gasteiger partial charge in [-0.25, -0.2) is 14.4 Å². The van der Waals surface area contributed by atoms with Gasteiger partial charge in [-0.3, -0.25) is 0 Å². The van der Waals surface area contributed by atoms with Crippen molar-refractivity contribution in [2.75, 3.05) is 0 Å². The third kappa shape index (κ3) is 8.90. The summed E-state index contributed by atoms with van der Waals surface area (Å²) in [5.41, 5.74) is 0. The normalized spacial score (nSPS) is 12.3. The molecule has 0 bridgehead atoms. The van der Waals surface area contributed by atoms with Crippen LogP contribution in [0, 0.1) is 0 Å². The van der Waals surface area contributed by atoms with Crippen LogP contribution in [0.1, 0.15) is 0 Å². The minimum absolute atomic E-state index is 0. The van der Waals surface area contributed by atoms with Gasteiger partial charge in [0.1, 0.15) is 0 Å². The maximum absolute atomic E-state index is 11.8. The average molecular weight is 373 g/mol. The van der Waals surface area contributed by atoms with E-state index in [4.69, 9.17) is 0 Å². The fourth-order valence-corrected chi connectivity index (χ4v) is 0.535. The van der Waals surface area contributed by atoms with Crippen LogP contribution in [0.2, 0.25) is 0 Å². The molecule has 0 saturated heterocycles. The molecule has 0 aliphatic rings. The van der Waals surface area contributed by atoms with Crippen LogP contribution < -0.4 is 29.6 Å². The van der Waals surface area contributed by atoms with E-state index < -0.39 is 43.8 Å². The Kier molecular flexibility index (Phi) is 8.48. The van der Waals surface area contributed by atoms with E-state index in [0.29, 0.717) is 0 Å². The van der Waals surface area contributed by atoms with Crippen LogP contribution in [-0.4, -0.2) is 43.8 Å². The van der Waals surface area contributed by atoms with E-state index in [-0.39, 0.29) is 29.6 Å². The van der Waals surface area contributed by atoms with Crippen LogP contribution >= 0.6 is 0 Å². The first-order valence-corrected chi connectivity index (χ1v) is 4.38. The summed E-state index contributed by atoms with van der Waals surface area (Å²) in [6, 6.07) is 0. The summed E-state index contributed by atoms with van der Waals surface area (Å²) in [5, 5.41) is 0. The van der Waals surface area contributed by atoms with E-state index in [1.807, 2.05) is 0 Å². The molecule has 0 rings (SSSR count). The quantitative estimate of drug-likeness (QED) is 0.434. The van der Waals surface area contributed by atoms with Crippen molar-refractivity contribution in [2.24, 2.45) is 0 Å². The molecule has 0 aromatic heterocycles. The zero-order valence-electron chi connectivity index (χ0n) is 10.4. The van der Waals surface area contributed by atoms with Crippen LogP contribution in [0.25, 0.3) is 0 Å². The van der Waals surface area contributed by atoms with E-state index in [9.17, 15) is 53.9 Å². The van der Waals surface area contributed by atoms with E-state index in [2.05, 4.69) is 14.0 Å². The zero-order chi connectivity index (χ0) is 17.9. The van der Waals surface area contributed by atoms with Crippen LogP contribution in [-0.2, 0) is 28.3 Å². The molecule has 0 amide bonds. The molecule has 23 heavy (non-hydrogen) atoms. The molecule has 0 N–H and O–H groups in total. The first-order chi connectivity index (χ1) is 9.55. The summed E-state index contributed by atoms with van der Waals surface area (Å²) in [4.78, 5) is 30.7. The van der Waals surface area contributed by atoms with E-state index in [0.717, 1.165) is 0 Å². The molecule has 0 aliphatic carbocycles. The van der Waals surface area contributed by atoms with Gasteiger partial charge in [-0.15, -0.1) is 0 Å². The van der Waals surface area contributed by atoms with Crippen LogP contribution in [0.15, 0.2) is 0 Å². The van der Waals surface area contributed by atoms with Gasteiger partial charge in [0.2, 0.25) is 0 Å². The summed E-state index contributed by atoms with van der Waals surface area (Å²) < 4.78 is 114. The van der Waals surface area contributed by atoms with Crippen LogP contribution in [0.5, 0.6) is 0 Å².